The fourth-order valence-corrected chi connectivity index (χ4v) is 2.02. The summed E-state index contributed by atoms with van der Waals surface area (Å²) >= 11 is 0. The highest BCUT2D eigenvalue weighted by molar-refractivity contribution is 5.69. The van der Waals surface area contributed by atoms with Crippen LogP contribution in [0.1, 0.15) is 19.3 Å². The van der Waals surface area contributed by atoms with Crippen molar-refractivity contribution < 1.29 is 29.6 Å². The van der Waals surface area contributed by atoms with E-state index in [1.807, 2.05) is 0 Å². The Morgan fingerprint density at radius 2 is 2.22 bits per heavy atom. The minimum atomic E-state index is -1.77. The molecule has 2 N–H and O–H groups in total. The second-order valence-electron chi connectivity index (χ2n) is 4.19. The summed E-state index contributed by atoms with van der Waals surface area (Å²) in [6, 6.07) is -0.903. The number of aliphatic hydroxyl groups is 1. The molecule has 104 valence electrons. The van der Waals surface area contributed by atoms with Gasteiger partial charge >= 0.3 is 0 Å². The molecule has 0 saturated carbocycles. The number of rotatable bonds is 4. The Hall–Kier alpha value is -1.54. The molecule has 1 rings (SSSR count). The summed E-state index contributed by atoms with van der Waals surface area (Å²) in [6.45, 7) is 0.634. The molecule has 1 unspecified atom stereocenters. The number of nitrogens with zero attached hydrogens (tertiary/aromatic N) is 1. The Kier molecular flexibility index (Phi) is 5.66. The average Bonchev–Trinajstić information content (AvgIpc) is 2.34. The highest BCUT2D eigenvalue weighted by Crippen LogP contribution is 2.20. The number of hydrazine groups is 1. The van der Waals surface area contributed by atoms with Gasteiger partial charge in [0.1, 0.15) is 0 Å². The fourth-order valence-electron chi connectivity index (χ4n) is 2.02. The Labute approximate surface area is 104 Å². The van der Waals surface area contributed by atoms with E-state index in [0.29, 0.717) is 24.6 Å². The molecule has 0 spiro atoms. The van der Waals surface area contributed by atoms with Crippen LogP contribution in [0.25, 0.3) is 0 Å². The Balaban J connectivity index is 2.59. The molecule has 1 saturated heterocycles. The normalized spacial score (nSPS) is 21.1. The summed E-state index contributed by atoms with van der Waals surface area (Å²) < 4.78 is 5.24. The maximum atomic E-state index is 10.8. The van der Waals surface area contributed by atoms with Crippen molar-refractivity contribution in [1.29, 1.82) is 0 Å². The molecule has 0 bridgehead atoms. The van der Waals surface area contributed by atoms with E-state index >= 15 is 0 Å². The van der Waals surface area contributed by atoms with E-state index in [1.165, 1.54) is 0 Å². The van der Waals surface area contributed by atoms with Crippen molar-refractivity contribution in [3.05, 3.63) is 0 Å². The van der Waals surface area contributed by atoms with Gasteiger partial charge in [-0.15, -0.1) is 0 Å². The van der Waals surface area contributed by atoms with Crippen LogP contribution in [0.3, 0.4) is 0 Å². The van der Waals surface area contributed by atoms with Gasteiger partial charge in [0.25, 0.3) is 0 Å². The lowest BCUT2D eigenvalue weighted by Crippen LogP contribution is -2.60. The largest absolute Gasteiger partial charge is 0.529 e. The average molecular weight is 260 g/mol. The number of carboxylic acid groups (broad SMARTS) is 2. The second kappa shape index (κ2) is 7.02. The number of ether oxygens (including phenoxy) is 1. The maximum Gasteiger partial charge on any atom is 0.157 e. The van der Waals surface area contributed by atoms with Crippen molar-refractivity contribution in [2.75, 3.05) is 19.8 Å². The van der Waals surface area contributed by atoms with Crippen LogP contribution in [-0.2, 0) is 4.74 Å². The van der Waals surface area contributed by atoms with Gasteiger partial charge < -0.3 is 29.6 Å². The highest BCUT2D eigenvalue weighted by atomic mass is 16.5. The van der Waals surface area contributed by atoms with Crippen molar-refractivity contribution in [3.8, 4) is 0 Å². The molecule has 2 atom stereocenters. The van der Waals surface area contributed by atoms with Crippen LogP contribution in [0.4, 0.5) is 9.59 Å². The number of hydrogen-bond donors (Lipinski definition) is 2. The molecule has 1 fully saturated rings. The zero-order chi connectivity index (χ0) is 13.5. The van der Waals surface area contributed by atoms with E-state index in [-0.39, 0.29) is 5.92 Å². The number of aliphatic hydroxyl groups excluding tert-OH is 1. The number of hydrogen-bond acceptors (Lipinski definition) is 6. The lowest BCUT2D eigenvalue weighted by atomic mass is 9.94. The van der Waals surface area contributed by atoms with Gasteiger partial charge in [0.15, 0.2) is 12.2 Å². The monoisotopic (exact) mass is 260 g/mol. The minimum absolute atomic E-state index is 0.0845. The Morgan fingerprint density at radius 3 is 2.67 bits per heavy atom. The molecule has 18 heavy (non-hydrogen) atoms. The van der Waals surface area contributed by atoms with Gasteiger partial charge in [0.2, 0.25) is 0 Å². The first-order valence-electron chi connectivity index (χ1n) is 5.71. The lowest BCUT2D eigenvalue weighted by Gasteiger charge is -2.36. The summed E-state index contributed by atoms with van der Waals surface area (Å²) in [5.41, 5.74) is 1.60. The zero-order valence-corrected chi connectivity index (χ0v) is 9.83. The number of carbonyl (C=O) groups excluding carboxylic acids is 2. The molecular weight excluding hydrogens is 244 g/mol. The number of amides is 2. The first kappa shape index (κ1) is 14.5. The van der Waals surface area contributed by atoms with Crippen molar-refractivity contribution >= 4 is 12.2 Å². The van der Waals surface area contributed by atoms with Crippen molar-refractivity contribution in [3.63, 3.8) is 0 Å². The third-order valence-electron chi connectivity index (χ3n) is 2.84. The number of nitrogens with one attached hydrogen (secondary N) is 1. The van der Waals surface area contributed by atoms with E-state index in [0.717, 1.165) is 12.8 Å². The van der Waals surface area contributed by atoms with Gasteiger partial charge in [-0.05, 0) is 25.2 Å². The third kappa shape index (κ3) is 4.38. The van der Waals surface area contributed by atoms with E-state index in [2.05, 4.69) is 0 Å². The van der Waals surface area contributed by atoms with Crippen molar-refractivity contribution in [2.45, 2.75) is 25.3 Å². The maximum absolute atomic E-state index is 10.8. The minimum Gasteiger partial charge on any atom is -0.529 e. The summed E-state index contributed by atoms with van der Waals surface area (Å²) in [6.07, 6.45) is -1.48. The van der Waals surface area contributed by atoms with Crippen LogP contribution >= 0.6 is 0 Å². The van der Waals surface area contributed by atoms with E-state index in [9.17, 15) is 19.8 Å². The van der Waals surface area contributed by atoms with Gasteiger partial charge in [0.05, 0.1) is 12.6 Å². The quantitative estimate of drug-likeness (QED) is 0.545. The van der Waals surface area contributed by atoms with Gasteiger partial charge in [-0.1, -0.05) is 0 Å². The van der Waals surface area contributed by atoms with Crippen LogP contribution in [0, 0.1) is 5.92 Å². The molecule has 0 aromatic rings. The van der Waals surface area contributed by atoms with Gasteiger partial charge in [-0.3, -0.25) is 10.4 Å². The molecule has 8 heteroatoms. The first-order chi connectivity index (χ1) is 8.54. The Bertz CT molecular complexity index is 292. The smallest absolute Gasteiger partial charge is 0.157 e. The summed E-state index contributed by atoms with van der Waals surface area (Å²) in [4.78, 5) is 21.2. The third-order valence-corrected chi connectivity index (χ3v) is 2.84. The first-order valence-corrected chi connectivity index (χ1v) is 5.71. The zero-order valence-electron chi connectivity index (χ0n) is 9.83. The molecule has 0 aromatic carbocycles. The summed E-state index contributed by atoms with van der Waals surface area (Å²) in [5, 5.41) is 30.7. The fraction of sp³-hybridized carbons (Fsp3) is 0.800. The van der Waals surface area contributed by atoms with E-state index in [1.54, 1.807) is 5.43 Å². The van der Waals surface area contributed by atoms with Crippen molar-refractivity contribution in [2.24, 2.45) is 5.92 Å². The molecule has 0 aromatic heterocycles. The van der Waals surface area contributed by atoms with Gasteiger partial charge in [-0.25, -0.2) is 0 Å². The van der Waals surface area contributed by atoms with Gasteiger partial charge in [0, 0.05) is 13.2 Å². The molecular formula is C10H16N2O6-2. The number of carbonyl (C=O) groups is 2. The highest BCUT2D eigenvalue weighted by Gasteiger charge is 2.24. The SMILES string of the molecule is O=C([O-])NN(C(=O)[O-])[C@H](CO)CC1CCCOC1. The van der Waals surface area contributed by atoms with Crippen molar-refractivity contribution in [1.82, 2.24) is 10.4 Å². The summed E-state index contributed by atoms with van der Waals surface area (Å²) in [5.74, 6) is 0.0845. The molecule has 0 aliphatic carbocycles. The van der Waals surface area contributed by atoms with Crippen LogP contribution in [-0.4, -0.2) is 48.2 Å². The second-order valence-corrected chi connectivity index (χ2v) is 4.19. The molecule has 1 aliphatic heterocycles. The predicted molar refractivity (Wildman–Crippen MR) is 54.8 cm³/mol. The molecule has 1 heterocycles. The van der Waals surface area contributed by atoms with Crippen LogP contribution in [0.5, 0.6) is 0 Å². The lowest BCUT2D eigenvalue weighted by molar-refractivity contribution is -0.284. The van der Waals surface area contributed by atoms with Crippen LogP contribution in [0.2, 0.25) is 0 Å². The predicted octanol–water partition coefficient (Wildman–Crippen LogP) is -2.34. The molecule has 2 amide bonds. The van der Waals surface area contributed by atoms with E-state index in [4.69, 9.17) is 9.84 Å². The van der Waals surface area contributed by atoms with Crippen LogP contribution in [0.15, 0.2) is 0 Å². The molecule has 0 radical (unpaired) electrons. The topological polar surface area (TPSA) is 125 Å². The molecule has 1 aliphatic rings. The Morgan fingerprint density at radius 1 is 1.50 bits per heavy atom. The van der Waals surface area contributed by atoms with Crippen LogP contribution < -0.4 is 15.6 Å². The standard InChI is InChI=1S/C10H18N2O6/c13-5-8(4-7-2-1-3-18-6-7)12(10(16)17)11-9(14)15/h7-8,11,13H,1-6H2,(H,14,15)(H,16,17)/p-2/t7?,8-/m0/s1. The summed E-state index contributed by atoms with van der Waals surface area (Å²) in [7, 11) is 0. The molecule has 8 nitrogen and oxygen atoms in total. The van der Waals surface area contributed by atoms with Gasteiger partial charge in [-0.2, -0.15) is 0 Å². The van der Waals surface area contributed by atoms with E-state index < -0.39 is 24.8 Å².